The summed E-state index contributed by atoms with van der Waals surface area (Å²) in [7, 11) is 0. The molecule has 0 aliphatic carbocycles. The molecule has 0 aliphatic heterocycles. The predicted octanol–water partition coefficient (Wildman–Crippen LogP) is 4.62. The third-order valence-corrected chi connectivity index (χ3v) is 3.42. The zero-order chi connectivity index (χ0) is 15.2. The molecule has 0 N–H and O–H groups in total. The molecule has 0 aromatic heterocycles. The van der Waals surface area contributed by atoms with Crippen LogP contribution < -0.4 is 4.74 Å². The summed E-state index contributed by atoms with van der Waals surface area (Å²) in [5.74, 6) is 3.33. The second-order valence-electron chi connectivity index (χ2n) is 5.27. The van der Waals surface area contributed by atoms with Crippen LogP contribution in [-0.4, -0.2) is 19.8 Å². The van der Waals surface area contributed by atoms with Crippen molar-refractivity contribution in [3.8, 4) is 18.1 Å². The minimum atomic E-state index is 0.348. The van der Waals surface area contributed by atoms with Gasteiger partial charge in [-0.05, 0) is 30.5 Å². The van der Waals surface area contributed by atoms with E-state index in [9.17, 15) is 0 Å². The highest BCUT2D eigenvalue weighted by molar-refractivity contribution is 5.27. The van der Waals surface area contributed by atoms with Crippen LogP contribution in [0, 0.1) is 12.3 Å². The zero-order valence-electron chi connectivity index (χ0n) is 13.3. The van der Waals surface area contributed by atoms with E-state index in [2.05, 4.69) is 25.0 Å². The van der Waals surface area contributed by atoms with Gasteiger partial charge in [-0.2, -0.15) is 0 Å². The maximum absolute atomic E-state index is 5.58. The summed E-state index contributed by atoms with van der Waals surface area (Å²) in [6.45, 7) is 3.67. The smallest absolute Gasteiger partial charge is 0.119 e. The normalized spacial score (nSPS) is 10.3. The summed E-state index contributed by atoms with van der Waals surface area (Å²) in [4.78, 5) is 0. The van der Waals surface area contributed by atoms with Crippen LogP contribution in [0.25, 0.3) is 0 Å². The summed E-state index contributed by atoms with van der Waals surface area (Å²) in [5, 5.41) is 0. The lowest BCUT2D eigenvalue weighted by Gasteiger charge is -2.07. The Bertz CT molecular complexity index is 389. The van der Waals surface area contributed by atoms with Gasteiger partial charge < -0.3 is 9.47 Å². The summed E-state index contributed by atoms with van der Waals surface area (Å²) in [6.07, 6.45) is 14.3. The molecule has 0 heterocycles. The quantitative estimate of drug-likeness (QED) is 0.413. The van der Waals surface area contributed by atoms with Gasteiger partial charge in [0.25, 0.3) is 0 Å². The Kier molecular flexibility index (Phi) is 10.3. The standard InChI is InChI=1S/C19H28O2/c1-3-5-6-7-8-9-10-18-11-13-19(14-12-18)21-17-16-20-15-4-2/h2,11-14H,3,5-10,15-17H2,1H3. The zero-order valence-corrected chi connectivity index (χ0v) is 13.3. The van der Waals surface area contributed by atoms with Crippen LogP contribution in [0.15, 0.2) is 24.3 Å². The van der Waals surface area contributed by atoms with E-state index in [0.29, 0.717) is 19.8 Å². The molecular weight excluding hydrogens is 260 g/mol. The Morgan fingerprint density at radius 3 is 2.38 bits per heavy atom. The highest BCUT2D eigenvalue weighted by atomic mass is 16.5. The first-order valence-corrected chi connectivity index (χ1v) is 8.09. The van der Waals surface area contributed by atoms with Crippen molar-refractivity contribution in [2.75, 3.05) is 19.8 Å². The molecule has 0 atom stereocenters. The largest absolute Gasteiger partial charge is 0.491 e. The molecule has 0 saturated heterocycles. The predicted molar refractivity (Wildman–Crippen MR) is 88.7 cm³/mol. The van der Waals surface area contributed by atoms with Gasteiger partial charge in [0.1, 0.15) is 19.0 Å². The summed E-state index contributed by atoms with van der Waals surface area (Å²) >= 11 is 0. The second kappa shape index (κ2) is 12.3. The minimum absolute atomic E-state index is 0.348. The number of unbranched alkanes of at least 4 members (excludes halogenated alkanes) is 5. The van der Waals surface area contributed by atoms with Crippen molar-refractivity contribution in [1.82, 2.24) is 0 Å². The molecule has 2 heteroatoms. The van der Waals surface area contributed by atoms with Crippen LogP contribution in [0.1, 0.15) is 51.0 Å². The summed E-state index contributed by atoms with van der Waals surface area (Å²) in [6, 6.07) is 8.38. The van der Waals surface area contributed by atoms with Gasteiger partial charge in [-0.15, -0.1) is 6.42 Å². The molecule has 0 fully saturated rings. The van der Waals surface area contributed by atoms with Crippen molar-refractivity contribution in [1.29, 1.82) is 0 Å². The van der Waals surface area contributed by atoms with E-state index >= 15 is 0 Å². The van der Waals surface area contributed by atoms with Gasteiger partial charge in [-0.1, -0.05) is 57.1 Å². The van der Waals surface area contributed by atoms with Gasteiger partial charge in [0.05, 0.1) is 6.61 Å². The summed E-state index contributed by atoms with van der Waals surface area (Å²) in [5.41, 5.74) is 1.39. The Labute approximate surface area is 129 Å². The molecule has 0 amide bonds. The maximum Gasteiger partial charge on any atom is 0.119 e. The van der Waals surface area contributed by atoms with Crippen LogP contribution in [0.5, 0.6) is 5.75 Å². The Balaban J connectivity index is 2.11. The van der Waals surface area contributed by atoms with Gasteiger partial charge in [0.2, 0.25) is 0 Å². The first-order valence-electron chi connectivity index (χ1n) is 8.09. The SMILES string of the molecule is C#CCOCCOc1ccc(CCCCCCCC)cc1. The van der Waals surface area contributed by atoms with Crippen molar-refractivity contribution in [2.45, 2.75) is 51.9 Å². The van der Waals surface area contributed by atoms with E-state index in [4.69, 9.17) is 15.9 Å². The highest BCUT2D eigenvalue weighted by Crippen LogP contribution is 2.15. The molecule has 2 nitrogen and oxygen atoms in total. The molecule has 0 radical (unpaired) electrons. The number of hydrogen-bond acceptors (Lipinski definition) is 2. The van der Waals surface area contributed by atoms with Crippen molar-refractivity contribution in [3.63, 3.8) is 0 Å². The van der Waals surface area contributed by atoms with Gasteiger partial charge in [-0.3, -0.25) is 0 Å². The van der Waals surface area contributed by atoms with E-state index in [-0.39, 0.29) is 0 Å². The lowest BCUT2D eigenvalue weighted by atomic mass is 10.0. The first-order chi connectivity index (χ1) is 10.4. The number of hydrogen-bond donors (Lipinski definition) is 0. The lowest BCUT2D eigenvalue weighted by molar-refractivity contribution is 0.124. The fourth-order valence-electron chi connectivity index (χ4n) is 2.21. The molecule has 116 valence electrons. The Hall–Kier alpha value is -1.46. The van der Waals surface area contributed by atoms with Gasteiger partial charge >= 0.3 is 0 Å². The molecule has 0 aliphatic rings. The number of terminal acetylenes is 1. The molecule has 0 spiro atoms. The average molecular weight is 288 g/mol. The number of ether oxygens (including phenoxy) is 2. The maximum atomic E-state index is 5.58. The Morgan fingerprint density at radius 2 is 1.67 bits per heavy atom. The van der Waals surface area contributed by atoms with Crippen LogP contribution in [0.2, 0.25) is 0 Å². The van der Waals surface area contributed by atoms with Gasteiger partial charge in [0, 0.05) is 0 Å². The van der Waals surface area contributed by atoms with Crippen molar-refractivity contribution >= 4 is 0 Å². The summed E-state index contributed by atoms with van der Waals surface area (Å²) < 4.78 is 10.7. The van der Waals surface area contributed by atoms with E-state index in [1.807, 2.05) is 12.1 Å². The van der Waals surface area contributed by atoms with E-state index < -0.39 is 0 Å². The number of rotatable bonds is 12. The first kappa shape index (κ1) is 17.6. The average Bonchev–Trinajstić information content (AvgIpc) is 2.52. The van der Waals surface area contributed by atoms with E-state index in [0.717, 1.165) is 12.2 Å². The van der Waals surface area contributed by atoms with Crippen molar-refractivity contribution in [2.24, 2.45) is 0 Å². The van der Waals surface area contributed by atoms with Crippen LogP contribution in [-0.2, 0) is 11.2 Å². The monoisotopic (exact) mass is 288 g/mol. The molecule has 1 rings (SSSR count). The van der Waals surface area contributed by atoms with Gasteiger partial charge in [0.15, 0.2) is 0 Å². The molecule has 21 heavy (non-hydrogen) atoms. The fraction of sp³-hybridized carbons (Fsp3) is 0.579. The van der Waals surface area contributed by atoms with Crippen molar-refractivity contribution in [3.05, 3.63) is 29.8 Å². The minimum Gasteiger partial charge on any atom is -0.491 e. The van der Waals surface area contributed by atoms with Crippen LogP contribution >= 0.6 is 0 Å². The number of benzene rings is 1. The molecule has 1 aromatic carbocycles. The third-order valence-electron chi connectivity index (χ3n) is 3.42. The molecular formula is C19H28O2. The second-order valence-corrected chi connectivity index (χ2v) is 5.27. The van der Waals surface area contributed by atoms with Gasteiger partial charge in [-0.25, -0.2) is 0 Å². The molecule has 0 saturated carbocycles. The molecule has 0 bridgehead atoms. The lowest BCUT2D eigenvalue weighted by Crippen LogP contribution is -2.06. The molecule has 1 aromatic rings. The highest BCUT2D eigenvalue weighted by Gasteiger charge is 1.97. The van der Waals surface area contributed by atoms with E-state index in [1.54, 1.807) is 0 Å². The Morgan fingerprint density at radius 1 is 0.952 bits per heavy atom. The van der Waals surface area contributed by atoms with Crippen molar-refractivity contribution < 1.29 is 9.47 Å². The fourth-order valence-corrected chi connectivity index (χ4v) is 2.21. The molecule has 0 unspecified atom stereocenters. The topological polar surface area (TPSA) is 18.5 Å². The van der Waals surface area contributed by atoms with Crippen LogP contribution in [0.4, 0.5) is 0 Å². The van der Waals surface area contributed by atoms with E-state index in [1.165, 1.54) is 44.1 Å². The number of aryl methyl sites for hydroxylation is 1. The van der Waals surface area contributed by atoms with Crippen LogP contribution in [0.3, 0.4) is 0 Å². The third kappa shape index (κ3) is 9.15.